The van der Waals surface area contributed by atoms with Crippen molar-refractivity contribution in [3.63, 3.8) is 0 Å². The highest BCUT2D eigenvalue weighted by Crippen LogP contribution is 2.23. The van der Waals surface area contributed by atoms with Crippen LogP contribution in [0.3, 0.4) is 0 Å². The number of anilines is 1. The van der Waals surface area contributed by atoms with E-state index in [1.807, 2.05) is 20.8 Å². The number of aromatic carboxylic acids is 1. The molecule has 0 radical (unpaired) electrons. The molecule has 1 amide bonds. The maximum absolute atomic E-state index is 12.0. The average molecular weight is 305 g/mol. The molecule has 1 heterocycles. The number of aromatic nitrogens is 2. The number of hydrogen-bond donors (Lipinski definition) is 2. The summed E-state index contributed by atoms with van der Waals surface area (Å²) < 4.78 is 4.21. The summed E-state index contributed by atoms with van der Waals surface area (Å²) in [7, 11) is 0. The van der Waals surface area contributed by atoms with Gasteiger partial charge in [-0.3, -0.25) is 10.1 Å². The van der Waals surface area contributed by atoms with Crippen LogP contribution in [0.4, 0.5) is 5.13 Å². The van der Waals surface area contributed by atoms with Crippen molar-refractivity contribution in [2.45, 2.75) is 26.2 Å². The Morgan fingerprint density at radius 3 is 2.19 bits per heavy atom. The van der Waals surface area contributed by atoms with Crippen LogP contribution in [0.1, 0.15) is 47.3 Å². The van der Waals surface area contributed by atoms with E-state index in [0.717, 1.165) is 11.5 Å². The molecule has 2 N–H and O–H groups in total. The average Bonchev–Trinajstić information content (AvgIpc) is 2.87. The molecule has 0 spiro atoms. The molecule has 1 aromatic carbocycles. The zero-order valence-corrected chi connectivity index (χ0v) is 12.7. The zero-order chi connectivity index (χ0) is 15.6. The van der Waals surface area contributed by atoms with Crippen LogP contribution in [0.15, 0.2) is 24.3 Å². The molecule has 0 saturated heterocycles. The van der Waals surface area contributed by atoms with E-state index >= 15 is 0 Å². The fraction of sp³-hybridized carbons (Fsp3) is 0.286. The van der Waals surface area contributed by atoms with Gasteiger partial charge in [0.25, 0.3) is 5.91 Å². The van der Waals surface area contributed by atoms with E-state index in [1.165, 1.54) is 24.3 Å². The number of hydrogen-bond acceptors (Lipinski definition) is 5. The second-order valence-corrected chi connectivity index (χ2v) is 6.26. The first-order chi connectivity index (χ1) is 9.77. The Hall–Kier alpha value is -2.28. The summed E-state index contributed by atoms with van der Waals surface area (Å²) in [5.74, 6) is -0.700. The molecule has 1 aromatic heterocycles. The fourth-order valence-corrected chi connectivity index (χ4v) is 2.27. The van der Waals surface area contributed by atoms with Crippen molar-refractivity contribution >= 4 is 28.5 Å². The van der Waals surface area contributed by atoms with E-state index in [4.69, 9.17) is 5.11 Å². The van der Waals surface area contributed by atoms with Gasteiger partial charge in [-0.05, 0) is 24.3 Å². The Labute approximate surface area is 126 Å². The third kappa shape index (κ3) is 3.63. The van der Waals surface area contributed by atoms with E-state index in [9.17, 15) is 9.59 Å². The van der Waals surface area contributed by atoms with Gasteiger partial charge < -0.3 is 5.11 Å². The Morgan fingerprint density at radius 2 is 1.71 bits per heavy atom. The van der Waals surface area contributed by atoms with Crippen molar-refractivity contribution in [1.82, 2.24) is 9.36 Å². The third-order valence-electron chi connectivity index (χ3n) is 2.71. The van der Waals surface area contributed by atoms with Crippen molar-refractivity contribution in [2.75, 3.05) is 5.32 Å². The Bertz CT molecular complexity index is 672. The van der Waals surface area contributed by atoms with E-state index < -0.39 is 5.97 Å². The monoisotopic (exact) mass is 305 g/mol. The lowest BCUT2D eigenvalue weighted by Crippen LogP contribution is -2.15. The molecule has 0 fully saturated rings. The van der Waals surface area contributed by atoms with Crippen LogP contribution in [0, 0.1) is 0 Å². The van der Waals surface area contributed by atoms with Gasteiger partial charge in [-0.25, -0.2) is 9.78 Å². The fourth-order valence-electron chi connectivity index (χ4n) is 1.51. The molecular formula is C14H15N3O3S. The van der Waals surface area contributed by atoms with Gasteiger partial charge in [0.1, 0.15) is 5.82 Å². The van der Waals surface area contributed by atoms with Crippen molar-refractivity contribution in [3.05, 3.63) is 41.2 Å². The number of benzene rings is 1. The number of carbonyl (C=O) groups is 2. The highest BCUT2D eigenvalue weighted by molar-refractivity contribution is 7.09. The van der Waals surface area contributed by atoms with Crippen LogP contribution in [-0.2, 0) is 5.41 Å². The van der Waals surface area contributed by atoms with Crippen LogP contribution < -0.4 is 5.32 Å². The molecule has 0 saturated carbocycles. The highest BCUT2D eigenvalue weighted by Gasteiger charge is 2.20. The SMILES string of the molecule is CC(C)(C)c1nsc(NC(=O)c2ccc(C(=O)O)cc2)n1. The molecule has 6 nitrogen and oxygen atoms in total. The molecule has 21 heavy (non-hydrogen) atoms. The van der Waals surface area contributed by atoms with Gasteiger partial charge in [-0.1, -0.05) is 20.8 Å². The number of nitrogens with zero attached hydrogens (tertiary/aromatic N) is 2. The molecule has 2 rings (SSSR count). The topological polar surface area (TPSA) is 92.2 Å². The standard InChI is InChI=1S/C14H15N3O3S/c1-14(2,3)12-16-13(21-17-12)15-10(18)8-4-6-9(7-5-8)11(19)20/h4-7H,1-3H3,(H,19,20)(H,15,16,17,18). The van der Waals surface area contributed by atoms with E-state index in [1.54, 1.807) is 0 Å². The van der Waals surface area contributed by atoms with E-state index in [-0.39, 0.29) is 16.9 Å². The third-order valence-corrected chi connectivity index (χ3v) is 3.34. The van der Waals surface area contributed by atoms with Crippen LogP contribution >= 0.6 is 11.5 Å². The van der Waals surface area contributed by atoms with Gasteiger partial charge in [0.05, 0.1) is 5.56 Å². The van der Waals surface area contributed by atoms with Crippen LogP contribution in [0.5, 0.6) is 0 Å². The lowest BCUT2D eigenvalue weighted by Gasteiger charge is -2.12. The second-order valence-electron chi connectivity index (χ2n) is 5.51. The van der Waals surface area contributed by atoms with Gasteiger partial charge in [0, 0.05) is 22.5 Å². The first-order valence-corrected chi connectivity index (χ1v) is 7.03. The Balaban J connectivity index is 2.11. The zero-order valence-electron chi connectivity index (χ0n) is 11.9. The van der Waals surface area contributed by atoms with Crippen molar-refractivity contribution in [1.29, 1.82) is 0 Å². The molecule has 0 unspecified atom stereocenters. The summed E-state index contributed by atoms with van der Waals surface area (Å²) in [4.78, 5) is 27.1. The number of nitrogens with one attached hydrogen (secondary N) is 1. The minimum Gasteiger partial charge on any atom is -0.478 e. The summed E-state index contributed by atoms with van der Waals surface area (Å²) >= 11 is 1.12. The summed E-state index contributed by atoms with van der Waals surface area (Å²) in [6.07, 6.45) is 0. The molecule has 2 aromatic rings. The molecule has 0 bridgehead atoms. The van der Waals surface area contributed by atoms with Gasteiger partial charge in [0.15, 0.2) is 0 Å². The van der Waals surface area contributed by atoms with Crippen molar-refractivity contribution < 1.29 is 14.7 Å². The Kier molecular flexibility index (Phi) is 4.04. The normalized spacial score (nSPS) is 11.2. The van der Waals surface area contributed by atoms with Crippen molar-refractivity contribution in [3.8, 4) is 0 Å². The maximum atomic E-state index is 12.0. The summed E-state index contributed by atoms with van der Waals surface area (Å²) in [6.45, 7) is 5.97. The molecule has 0 aliphatic carbocycles. The van der Waals surface area contributed by atoms with E-state index in [0.29, 0.717) is 16.5 Å². The van der Waals surface area contributed by atoms with Crippen LogP contribution in [0.25, 0.3) is 0 Å². The molecule has 0 aliphatic rings. The van der Waals surface area contributed by atoms with Crippen molar-refractivity contribution in [2.24, 2.45) is 0 Å². The van der Waals surface area contributed by atoms with Gasteiger partial charge in [0.2, 0.25) is 5.13 Å². The lowest BCUT2D eigenvalue weighted by molar-refractivity contribution is 0.0696. The lowest BCUT2D eigenvalue weighted by atomic mass is 9.96. The van der Waals surface area contributed by atoms with Gasteiger partial charge in [-0.2, -0.15) is 4.37 Å². The first-order valence-electron chi connectivity index (χ1n) is 6.26. The van der Waals surface area contributed by atoms with E-state index in [2.05, 4.69) is 14.7 Å². The smallest absolute Gasteiger partial charge is 0.335 e. The largest absolute Gasteiger partial charge is 0.478 e. The minimum atomic E-state index is -1.03. The molecule has 0 aliphatic heterocycles. The minimum absolute atomic E-state index is 0.137. The first kappa shape index (κ1) is 15.1. The number of carboxylic acids is 1. The molecule has 0 atom stereocenters. The quantitative estimate of drug-likeness (QED) is 0.909. The van der Waals surface area contributed by atoms with Crippen LogP contribution in [-0.4, -0.2) is 26.3 Å². The Morgan fingerprint density at radius 1 is 1.14 bits per heavy atom. The number of carbonyl (C=O) groups excluding carboxylic acids is 1. The van der Waals surface area contributed by atoms with Gasteiger partial charge in [-0.15, -0.1) is 0 Å². The second kappa shape index (κ2) is 5.61. The highest BCUT2D eigenvalue weighted by atomic mass is 32.1. The summed E-state index contributed by atoms with van der Waals surface area (Å²) in [5.41, 5.74) is 0.327. The van der Waals surface area contributed by atoms with Gasteiger partial charge >= 0.3 is 5.97 Å². The number of rotatable bonds is 3. The molecular weight excluding hydrogens is 290 g/mol. The summed E-state index contributed by atoms with van der Waals surface area (Å²) in [6, 6.07) is 5.70. The summed E-state index contributed by atoms with van der Waals surface area (Å²) in [5, 5.41) is 11.9. The maximum Gasteiger partial charge on any atom is 0.335 e. The molecule has 110 valence electrons. The molecule has 7 heteroatoms. The van der Waals surface area contributed by atoms with Crippen LogP contribution in [0.2, 0.25) is 0 Å². The number of amides is 1. The number of carboxylic acid groups (broad SMARTS) is 1. The predicted octanol–water partition coefficient (Wildman–Crippen LogP) is 2.79. The predicted molar refractivity (Wildman–Crippen MR) is 80.0 cm³/mol.